The third-order valence-corrected chi connectivity index (χ3v) is 4.09. The second-order valence-corrected chi connectivity index (χ2v) is 6.01. The van der Waals surface area contributed by atoms with Gasteiger partial charge < -0.3 is 14.3 Å². The Morgan fingerprint density at radius 2 is 1.44 bits per heavy atom. The summed E-state index contributed by atoms with van der Waals surface area (Å²) in [6, 6.07) is 26.3. The molecule has 0 N–H and O–H groups in total. The van der Waals surface area contributed by atoms with Crippen molar-refractivity contribution < 1.29 is 14.3 Å². The summed E-state index contributed by atoms with van der Waals surface area (Å²) in [5.41, 5.74) is 1.58. The molecule has 27 heavy (non-hydrogen) atoms. The molecule has 0 aromatic heterocycles. The van der Waals surface area contributed by atoms with Crippen molar-refractivity contribution in [1.29, 1.82) is 5.26 Å². The number of nitriles is 1. The Bertz CT molecular complexity index is 975. The zero-order chi connectivity index (χ0) is 18.5. The number of benzene rings is 3. The third kappa shape index (κ3) is 4.07. The molecule has 0 aliphatic carbocycles. The molecule has 0 fully saturated rings. The Balaban J connectivity index is 1.35. The first-order valence-corrected chi connectivity index (χ1v) is 8.54. The highest BCUT2D eigenvalue weighted by Crippen LogP contribution is 2.30. The second-order valence-electron chi connectivity index (χ2n) is 6.01. The van der Waals surface area contributed by atoms with Crippen LogP contribution in [-0.4, -0.2) is 5.90 Å². The lowest BCUT2D eigenvalue weighted by Gasteiger charge is -2.10. The van der Waals surface area contributed by atoms with Gasteiger partial charge in [0.1, 0.15) is 17.2 Å². The van der Waals surface area contributed by atoms with Crippen molar-refractivity contribution >= 4 is 5.90 Å². The SMILES string of the molecule is N#Cc1ccc(OC2=NO[C@H](c3ccc(Oc4ccccc4)cc3)C2)cc1. The summed E-state index contributed by atoms with van der Waals surface area (Å²) in [6.07, 6.45) is 0.350. The van der Waals surface area contributed by atoms with Gasteiger partial charge in [-0.15, -0.1) is 0 Å². The van der Waals surface area contributed by atoms with Crippen LogP contribution in [0.25, 0.3) is 0 Å². The highest BCUT2D eigenvalue weighted by molar-refractivity contribution is 5.79. The molecule has 0 amide bonds. The van der Waals surface area contributed by atoms with Gasteiger partial charge >= 0.3 is 0 Å². The Kier molecular flexibility index (Phi) is 4.71. The van der Waals surface area contributed by atoms with E-state index in [1.54, 1.807) is 24.3 Å². The van der Waals surface area contributed by atoms with E-state index in [1.807, 2.05) is 54.6 Å². The van der Waals surface area contributed by atoms with Crippen LogP contribution in [0.1, 0.15) is 23.7 Å². The van der Waals surface area contributed by atoms with Crippen LogP contribution in [0, 0.1) is 11.3 Å². The number of rotatable bonds is 4. The summed E-state index contributed by atoms with van der Waals surface area (Å²) in [4.78, 5) is 5.50. The predicted molar refractivity (Wildman–Crippen MR) is 101 cm³/mol. The first-order valence-electron chi connectivity index (χ1n) is 8.54. The lowest BCUT2D eigenvalue weighted by molar-refractivity contribution is 0.0855. The second kappa shape index (κ2) is 7.63. The smallest absolute Gasteiger partial charge is 0.235 e. The molecule has 0 saturated heterocycles. The van der Waals surface area contributed by atoms with Crippen molar-refractivity contribution in [2.45, 2.75) is 12.5 Å². The molecule has 132 valence electrons. The minimum Gasteiger partial charge on any atom is -0.457 e. The Morgan fingerprint density at radius 1 is 0.815 bits per heavy atom. The van der Waals surface area contributed by atoms with Gasteiger partial charge in [0.15, 0.2) is 6.10 Å². The van der Waals surface area contributed by atoms with E-state index in [0.717, 1.165) is 17.1 Å². The van der Waals surface area contributed by atoms with Crippen molar-refractivity contribution in [2.75, 3.05) is 0 Å². The molecule has 1 aliphatic rings. The number of hydrogen-bond donors (Lipinski definition) is 0. The van der Waals surface area contributed by atoms with Crippen LogP contribution in [0.4, 0.5) is 0 Å². The number of para-hydroxylation sites is 1. The lowest BCUT2D eigenvalue weighted by Crippen LogP contribution is -2.07. The summed E-state index contributed by atoms with van der Waals surface area (Å²) in [6.45, 7) is 0. The topological polar surface area (TPSA) is 63.8 Å². The molecule has 5 heteroatoms. The maximum atomic E-state index is 8.83. The number of ether oxygens (including phenoxy) is 2. The fourth-order valence-electron chi connectivity index (χ4n) is 2.70. The molecule has 3 aromatic rings. The van der Waals surface area contributed by atoms with Gasteiger partial charge in [0, 0.05) is 0 Å². The van der Waals surface area contributed by atoms with Gasteiger partial charge in [-0.25, -0.2) is 0 Å². The van der Waals surface area contributed by atoms with E-state index >= 15 is 0 Å². The van der Waals surface area contributed by atoms with Gasteiger partial charge in [0.2, 0.25) is 5.90 Å². The summed E-state index contributed by atoms with van der Waals surface area (Å²) >= 11 is 0. The first-order chi connectivity index (χ1) is 13.3. The molecule has 1 aliphatic heterocycles. The maximum absolute atomic E-state index is 8.83. The molecule has 1 atom stereocenters. The number of oxime groups is 1. The number of hydrogen-bond acceptors (Lipinski definition) is 5. The van der Waals surface area contributed by atoms with Crippen molar-refractivity contribution in [1.82, 2.24) is 0 Å². The molecule has 0 bridgehead atoms. The van der Waals surface area contributed by atoms with Gasteiger partial charge in [0.25, 0.3) is 0 Å². The minimum atomic E-state index is -0.191. The van der Waals surface area contributed by atoms with E-state index in [0.29, 0.717) is 23.6 Å². The fourth-order valence-corrected chi connectivity index (χ4v) is 2.70. The lowest BCUT2D eigenvalue weighted by atomic mass is 10.1. The molecule has 0 spiro atoms. The Labute approximate surface area is 157 Å². The van der Waals surface area contributed by atoms with Gasteiger partial charge in [-0.3, -0.25) is 0 Å². The molecule has 1 heterocycles. The maximum Gasteiger partial charge on any atom is 0.235 e. The van der Waals surface area contributed by atoms with E-state index in [9.17, 15) is 0 Å². The van der Waals surface area contributed by atoms with E-state index in [2.05, 4.69) is 11.2 Å². The largest absolute Gasteiger partial charge is 0.457 e. The summed E-state index contributed by atoms with van der Waals surface area (Å²) in [7, 11) is 0. The van der Waals surface area contributed by atoms with Gasteiger partial charge in [-0.05, 0) is 54.1 Å². The Hall–Kier alpha value is -3.78. The monoisotopic (exact) mass is 356 g/mol. The van der Waals surface area contributed by atoms with Gasteiger partial charge in [-0.2, -0.15) is 5.26 Å². The molecular formula is C22H16N2O3. The summed E-state index contributed by atoms with van der Waals surface area (Å²) in [5.74, 6) is 2.69. The third-order valence-electron chi connectivity index (χ3n) is 4.09. The molecular weight excluding hydrogens is 340 g/mol. The zero-order valence-electron chi connectivity index (χ0n) is 14.4. The van der Waals surface area contributed by atoms with Crippen LogP contribution < -0.4 is 9.47 Å². The van der Waals surface area contributed by atoms with Gasteiger partial charge in [-0.1, -0.05) is 35.5 Å². The van der Waals surface area contributed by atoms with E-state index in [4.69, 9.17) is 19.6 Å². The minimum absolute atomic E-state index is 0.191. The van der Waals surface area contributed by atoms with Crippen molar-refractivity contribution in [2.24, 2.45) is 5.16 Å². The molecule has 0 radical (unpaired) electrons. The van der Waals surface area contributed by atoms with E-state index in [-0.39, 0.29) is 6.10 Å². The van der Waals surface area contributed by atoms with Gasteiger partial charge in [0.05, 0.1) is 18.1 Å². The van der Waals surface area contributed by atoms with Crippen molar-refractivity contribution in [3.8, 4) is 23.3 Å². The van der Waals surface area contributed by atoms with Crippen LogP contribution >= 0.6 is 0 Å². The quantitative estimate of drug-likeness (QED) is 0.644. The predicted octanol–water partition coefficient (Wildman–Crippen LogP) is 5.20. The first kappa shape index (κ1) is 16.7. The summed E-state index contributed by atoms with van der Waals surface area (Å²) < 4.78 is 11.5. The van der Waals surface area contributed by atoms with Crippen LogP contribution in [0.15, 0.2) is 84.0 Å². The Morgan fingerprint density at radius 3 is 2.15 bits per heavy atom. The zero-order valence-corrected chi connectivity index (χ0v) is 14.4. The molecule has 0 unspecified atom stereocenters. The standard InChI is InChI=1S/C22H16N2O3/c23-15-16-6-10-20(11-7-16)26-22-14-21(27-24-22)17-8-12-19(13-9-17)25-18-4-2-1-3-5-18/h1-13,21H,14H2/t21-/m0/s1. The normalized spacial score (nSPS) is 15.4. The highest BCUT2D eigenvalue weighted by Gasteiger charge is 2.24. The van der Waals surface area contributed by atoms with E-state index < -0.39 is 0 Å². The average Bonchev–Trinajstić information content (AvgIpc) is 3.18. The molecule has 3 aromatic carbocycles. The average molecular weight is 356 g/mol. The van der Waals surface area contributed by atoms with Crippen LogP contribution in [0.3, 0.4) is 0 Å². The molecule has 0 saturated carbocycles. The van der Waals surface area contributed by atoms with Crippen LogP contribution in [0.2, 0.25) is 0 Å². The molecule has 4 rings (SSSR count). The van der Waals surface area contributed by atoms with Crippen LogP contribution in [-0.2, 0) is 4.84 Å². The van der Waals surface area contributed by atoms with E-state index in [1.165, 1.54) is 0 Å². The number of nitrogens with zero attached hydrogens (tertiary/aromatic N) is 2. The highest BCUT2D eigenvalue weighted by atomic mass is 16.7. The summed E-state index contributed by atoms with van der Waals surface area (Å²) in [5, 5.41) is 12.9. The van der Waals surface area contributed by atoms with Crippen molar-refractivity contribution in [3.63, 3.8) is 0 Å². The van der Waals surface area contributed by atoms with Crippen LogP contribution in [0.5, 0.6) is 17.2 Å². The van der Waals surface area contributed by atoms with Crippen molar-refractivity contribution in [3.05, 3.63) is 90.0 Å². The molecule has 5 nitrogen and oxygen atoms in total. The fraction of sp³-hybridized carbons (Fsp3) is 0.0909.